The second-order valence-corrected chi connectivity index (χ2v) is 6.01. The van der Waals surface area contributed by atoms with Crippen LogP contribution in [-0.2, 0) is 6.42 Å². The molecule has 1 heterocycles. The molecule has 82 valence electrons. The fourth-order valence-corrected chi connectivity index (χ4v) is 3.21. The number of alkyl halides is 1. The van der Waals surface area contributed by atoms with E-state index in [-0.39, 0.29) is 0 Å². The highest BCUT2D eigenvalue weighted by Crippen LogP contribution is 2.35. The van der Waals surface area contributed by atoms with Gasteiger partial charge in [-0.2, -0.15) is 0 Å². The van der Waals surface area contributed by atoms with E-state index in [1.54, 1.807) is 0 Å². The van der Waals surface area contributed by atoms with Gasteiger partial charge >= 0.3 is 0 Å². The van der Waals surface area contributed by atoms with Gasteiger partial charge < -0.3 is 0 Å². The summed E-state index contributed by atoms with van der Waals surface area (Å²) in [5.41, 5.74) is 1.39. The number of rotatable bonds is 2. The van der Waals surface area contributed by atoms with Crippen LogP contribution in [0, 0.1) is 11.8 Å². The molecule has 0 saturated heterocycles. The standard InChI is InChI=1S/C13H18BrN/c1-10-4-5-13(14)8-12(10)7-11-3-2-6-15-9-11/h2-3,6,9-10,12-13H,4-5,7-8H2,1H3. The van der Waals surface area contributed by atoms with Crippen molar-refractivity contribution in [1.29, 1.82) is 0 Å². The van der Waals surface area contributed by atoms with Crippen LogP contribution in [0.1, 0.15) is 31.7 Å². The Balaban J connectivity index is 1.98. The first-order chi connectivity index (χ1) is 7.25. The number of nitrogens with zero attached hydrogens (tertiary/aromatic N) is 1. The number of hydrogen-bond donors (Lipinski definition) is 0. The zero-order valence-electron chi connectivity index (χ0n) is 9.20. The summed E-state index contributed by atoms with van der Waals surface area (Å²) < 4.78 is 0. The first-order valence-corrected chi connectivity index (χ1v) is 6.70. The van der Waals surface area contributed by atoms with E-state index >= 15 is 0 Å². The Kier molecular flexibility index (Phi) is 3.79. The average Bonchev–Trinajstić information content (AvgIpc) is 2.25. The molecule has 3 unspecified atom stereocenters. The summed E-state index contributed by atoms with van der Waals surface area (Å²) in [6.07, 6.45) is 9.06. The number of aromatic nitrogens is 1. The lowest BCUT2D eigenvalue weighted by molar-refractivity contribution is 0.262. The molecule has 1 aliphatic carbocycles. The molecule has 2 rings (SSSR count). The predicted molar refractivity (Wildman–Crippen MR) is 67.2 cm³/mol. The van der Waals surface area contributed by atoms with Gasteiger partial charge in [-0.1, -0.05) is 28.9 Å². The predicted octanol–water partition coefficient (Wildman–Crippen LogP) is 3.82. The van der Waals surface area contributed by atoms with Crippen molar-refractivity contribution < 1.29 is 0 Å². The Morgan fingerprint density at radius 3 is 3.07 bits per heavy atom. The van der Waals surface area contributed by atoms with Gasteiger partial charge in [-0.3, -0.25) is 4.98 Å². The Morgan fingerprint density at radius 1 is 1.47 bits per heavy atom. The minimum atomic E-state index is 0.732. The third-order valence-corrected chi connectivity index (χ3v) is 4.35. The Labute approximate surface area is 100 Å². The largest absolute Gasteiger partial charge is 0.264 e. The molecule has 1 aromatic heterocycles. The van der Waals surface area contributed by atoms with Crippen molar-refractivity contribution in [2.24, 2.45) is 11.8 Å². The van der Waals surface area contributed by atoms with Gasteiger partial charge in [0.05, 0.1) is 0 Å². The van der Waals surface area contributed by atoms with Crippen molar-refractivity contribution in [2.45, 2.75) is 37.4 Å². The molecule has 1 nitrogen and oxygen atoms in total. The van der Waals surface area contributed by atoms with Gasteiger partial charge in [-0.25, -0.2) is 0 Å². The monoisotopic (exact) mass is 267 g/mol. The molecular weight excluding hydrogens is 250 g/mol. The minimum absolute atomic E-state index is 0.732. The van der Waals surface area contributed by atoms with Gasteiger partial charge in [0.25, 0.3) is 0 Å². The molecule has 2 heteroatoms. The molecule has 1 saturated carbocycles. The van der Waals surface area contributed by atoms with Crippen molar-refractivity contribution in [3.63, 3.8) is 0 Å². The minimum Gasteiger partial charge on any atom is -0.264 e. The molecule has 0 aromatic carbocycles. The summed E-state index contributed by atoms with van der Waals surface area (Å²) in [6, 6.07) is 4.23. The van der Waals surface area contributed by atoms with E-state index in [1.807, 2.05) is 18.5 Å². The summed E-state index contributed by atoms with van der Waals surface area (Å²) in [7, 11) is 0. The van der Waals surface area contributed by atoms with Gasteiger partial charge in [-0.05, 0) is 49.1 Å². The van der Waals surface area contributed by atoms with Crippen LogP contribution in [0.2, 0.25) is 0 Å². The fraction of sp³-hybridized carbons (Fsp3) is 0.615. The third-order valence-electron chi connectivity index (χ3n) is 3.52. The van der Waals surface area contributed by atoms with Gasteiger partial charge in [0, 0.05) is 17.2 Å². The lowest BCUT2D eigenvalue weighted by Crippen LogP contribution is -2.24. The molecule has 0 amide bonds. The van der Waals surface area contributed by atoms with Gasteiger partial charge in [-0.15, -0.1) is 0 Å². The van der Waals surface area contributed by atoms with E-state index in [9.17, 15) is 0 Å². The van der Waals surface area contributed by atoms with Crippen molar-refractivity contribution >= 4 is 15.9 Å². The molecule has 0 aliphatic heterocycles. The highest BCUT2D eigenvalue weighted by atomic mass is 79.9. The second kappa shape index (κ2) is 5.11. The van der Waals surface area contributed by atoms with Crippen LogP contribution in [-0.4, -0.2) is 9.81 Å². The van der Waals surface area contributed by atoms with E-state index in [2.05, 4.69) is 33.9 Å². The van der Waals surface area contributed by atoms with Crippen molar-refractivity contribution in [2.75, 3.05) is 0 Å². The summed E-state index contributed by atoms with van der Waals surface area (Å²) in [5, 5.41) is 0. The molecule has 1 aromatic rings. The third kappa shape index (κ3) is 3.04. The number of hydrogen-bond acceptors (Lipinski definition) is 1. The Bertz CT molecular complexity index is 299. The molecule has 1 aliphatic rings. The van der Waals surface area contributed by atoms with Gasteiger partial charge in [0.15, 0.2) is 0 Å². The topological polar surface area (TPSA) is 12.9 Å². The maximum atomic E-state index is 4.18. The first kappa shape index (κ1) is 11.1. The lowest BCUT2D eigenvalue weighted by atomic mass is 9.77. The molecule has 3 atom stereocenters. The molecular formula is C13H18BrN. The zero-order chi connectivity index (χ0) is 10.7. The highest BCUT2D eigenvalue weighted by molar-refractivity contribution is 9.09. The zero-order valence-corrected chi connectivity index (χ0v) is 10.8. The summed E-state index contributed by atoms with van der Waals surface area (Å²) in [4.78, 5) is 4.91. The summed E-state index contributed by atoms with van der Waals surface area (Å²) in [6.45, 7) is 2.39. The van der Waals surface area contributed by atoms with Crippen LogP contribution in [0.3, 0.4) is 0 Å². The SMILES string of the molecule is CC1CCC(Br)CC1Cc1cccnc1. The quantitative estimate of drug-likeness (QED) is 0.743. The van der Waals surface area contributed by atoms with Gasteiger partial charge in [0.2, 0.25) is 0 Å². The molecule has 0 N–H and O–H groups in total. The number of halogens is 1. The van der Waals surface area contributed by atoms with E-state index in [0.29, 0.717) is 0 Å². The van der Waals surface area contributed by atoms with E-state index < -0.39 is 0 Å². The Hall–Kier alpha value is -0.370. The molecule has 0 radical (unpaired) electrons. The fourth-order valence-electron chi connectivity index (χ4n) is 2.46. The van der Waals surface area contributed by atoms with Crippen LogP contribution >= 0.6 is 15.9 Å². The van der Waals surface area contributed by atoms with E-state index in [0.717, 1.165) is 16.7 Å². The van der Waals surface area contributed by atoms with Crippen LogP contribution in [0.25, 0.3) is 0 Å². The summed E-state index contributed by atoms with van der Waals surface area (Å²) in [5.74, 6) is 1.69. The van der Waals surface area contributed by atoms with Crippen molar-refractivity contribution in [3.05, 3.63) is 30.1 Å². The lowest BCUT2D eigenvalue weighted by Gasteiger charge is -2.31. The molecule has 0 spiro atoms. The van der Waals surface area contributed by atoms with Crippen LogP contribution in [0.5, 0.6) is 0 Å². The van der Waals surface area contributed by atoms with Gasteiger partial charge in [0.1, 0.15) is 0 Å². The van der Waals surface area contributed by atoms with E-state index in [4.69, 9.17) is 0 Å². The molecule has 15 heavy (non-hydrogen) atoms. The van der Waals surface area contributed by atoms with E-state index in [1.165, 1.54) is 31.2 Å². The maximum absolute atomic E-state index is 4.18. The van der Waals surface area contributed by atoms with Crippen molar-refractivity contribution in [3.8, 4) is 0 Å². The molecule has 0 bridgehead atoms. The van der Waals surface area contributed by atoms with Crippen LogP contribution < -0.4 is 0 Å². The normalized spacial score (nSPS) is 31.5. The second-order valence-electron chi connectivity index (χ2n) is 4.71. The number of pyridine rings is 1. The average molecular weight is 268 g/mol. The smallest absolute Gasteiger partial charge is 0.0299 e. The van der Waals surface area contributed by atoms with Crippen molar-refractivity contribution in [1.82, 2.24) is 4.98 Å². The van der Waals surface area contributed by atoms with Crippen LogP contribution in [0.15, 0.2) is 24.5 Å². The van der Waals surface area contributed by atoms with Crippen LogP contribution in [0.4, 0.5) is 0 Å². The maximum Gasteiger partial charge on any atom is 0.0299 e. The Morgan fingerprint density at radius 2 is 2.33 bits per heavy atom. The summed E-state index contributed by atoms with van der Waals surface area (Å²) >= 11 is 3.75. The first-order valence-electron chi connectivity index (χ1n) is 5.78. The highest BCUT2D eigenvalue weighted by Gasteiger charge is 2.26. The molecule has 1 fully saturated rings.